The van der Waals surface area contributed by atoms with Gasteiger partial charge in [-0.2, -0.15) is 5.10 Å². The van der Waals surface area contributed by atoms with Crippen LogP contribution in [0.1, 0.15) is 29.7 Å². The van der Waals surface area contributed by atoms with E-state index in [9.17, 15) is 0 Å². The van der Waals surface area contributed by atoms with E-state index >= 15 is 0 Å². The molecule has 40 heavy (non-hydrogen) atoms. The van der Waals surface area contributed by atoms with Crippen LogP contribution in [0.25, 0.3) is 21.5 Å². The lowest BCUT2D eigenvalue weighted by Crippen LogP contribution is -2.38. The number of hydrogen-bond donors (Lipinski definition) is 1. The second-order valence-corrected chi connectivity index (χ2v) is 10.3. The lowest BCUT2D eigenvalue weighted by Gasteiger charge is -2.32. The van der Waals surface area contributed by atoms with Gasteiger partial charge in [0, 0.05) is 36.4 Å². The summed E-state index contributed by atoms with van der Waals surface area (Å²) in [7, 11) is 1.71. The van der Waals surface area contributed by atoms with Crippen LogP contribution < -0.4 is 10.1 Å². The van der Waals surface area contributed by atoms with Gasteiger partial charge in [-0.3, -0.25) is 4.90 Å². The number of benzene rings is 4. The van der Waals surface area contributed by atoms with Crippen LogP contribution in [0.4, 0.5) is 5.82 Å². The molecular formula is C33H36Cl2N4O. The van der Waals surface area contributed by atoms with Gasteiger partial charge in [0.25, 0.3) is 0 Å². The Labute approximate surface area is 248 Å². The Kier molecular flexibility index (Phi) is 10.2. The molecule has 7 heteroatoms. The normalized spacial score (nSPS) is 13.9. The second kappa shape index (κ2) is 13.8. The van der Waals surface area contributed by atoms with E-state index in [1.165, 1.54) is 21.9 Å². The Morgan fingerprint density at radius 3 is 2.27 bits per heavy atom. The minimum absolute atomic E-state index is 0. The highest BCUT2D eigenvalue weighted by molar-refractivity contribution is 5.94. The summed E-state index contributed by atoms with van der Waals surface area (Å²) in [6.45, 7) is 3.13. The molecule has 0 amide bonds. The number of aromatic nitrogens is 2. The predicted octanol–water partition coefficient (Wildman–Crippen LogP) is 7.50. The van der Waals surface area contributed by atoms with Gasteiger partial charge >= 0.3 is 0 Å². The molecule has 208 valence electrons. The fourth-order valence-corrected chi connectivity index (χ4v) is 5.54. The van der Waals surface area contributed by atoms with Gasteiger partial charge in [-0.25, -0.2) is 0 Å². The standard InChI is InChI=1S/C33H34N4O.2ClH/c1-38-29-14-15-30-31(22-29)32(16-12-24-7-3-2-4-8-24)35-36-33(30)34-28-17-19-37(20-18-28)23-25-11-13-26-9-5-6-10-27(26)21-25;;/h2-11,13-15,21-22,28H,12,16-20,23H2,1H3,(H,34,36);2*1H. The molecule has 0 spiro atoms. The second-order valence-electron chi connectivity index (χ2n) is 10.3. The number of piperidine rings is 1. The van der Waals surface area contributed by atoms with Gasteiger partial charge in [0.2, 0.25) is 0 Å². The molecule has 1 aromatic heterocycles. The molecule has 6 rings (SSSR count). The van der Waals surface area contributed by atoms with E-state index in [1.54, 1.807) is 7.11 Å². The third-order valence-corrected chi connectivity index (χ3v) is 7.71. The van der Waals surface area contributed by atoms with Crippen LogP contribution in [0.5, 0.6) is 5.75 Å². The van der Waals surface area contributed by atoms with Gasteiger partial charge in [0.1, 0.15) is 5.75 Å². The topological polar surface area (TPSA) is 50.3 Å². The Bertz CT molecular complexity index is 1540. The zero-order valence-electron chi connectivity index (χ0n) is 22.8. The number of ether oxygens (including phenoxy) is 1. The molecule has 1 saturated heterocycles. The molecule has 0 saturated carbocycles. The SMILES string of the molecule is COc1ccc2c(NC3CCN(Cc4ccc5ccccc5c4)CC3)nnc(CCc3ccccc3)c2c1.Cl.Cl. The average molecular weight is 576 g/mol. The number of rotatable bonds is 8. The fraction of sp³-hybridized carbons (Fsp3) is 0.273. The average Bonchev–Trinajstić information content (AvgIpc) is 2.98. The number of anilines is 1. The summed E-state index contributed by atoms with van der Waals surface area (Å²) in [6.07, 6.45) is 3.95. The van der Waals surface area contributed by atoms with Crippen molar-refractivity contribution < 1.29 is 4.74 Å². The Hall–Kier alpha value is -3.38. The maximum atomic E-state index is 5.54. The van der Waals surface area contributed by atoms with Crippen molar-refractivity contribution in [1.29, 1.82) is 0 Å². The van der Waals surface area contributed by atoms with E-state index in [1.807, 2.05) is 6.07 Å². The minimum Gasteiger partial charge on any atom is -0.497 e. The number of likely N-dealkylation sites (tertiary alicyclic amines) is 1. The third-order valence-electron chi connectivity index (χ3n) is 7.71. The van der Waals surface area contributed by atoms with Crippen molar-refractivity contribution in [3.63, 3.8) is 0 Å². The Balaban J connectivity index is 0.00000185. The first-order chi connectivity index (χ1) is 18.7. The first kappa shape index (κ1) is 29.6. The van der Waals surface area contributed by atoms with E-state index in [0.29, 0.717) is 6.04 Å². The zero-order valence-corrected chi connectivity index (χ0v) is 24.4. The van der Waals surface area contributed by atoms with Crippen LogP contribution in [-0.2, 0) is 19.4 Å². The molecule has 0 radical (unpaired) electrons. The van der Waals surface area contributed by atoms with Crippen LogP contribution in [0.3, 0.4) is 0 Å². The lowest BCUT2D eigenvalue weighted by molar-refractivity contribution is 0.211. The molecule has 1 aliphatic heterocycles. The predicted molar refractivity (Wildman–Crippen MR) is 170 cm³/mol. The maximum Gasteiger partial charge on any atom is 0.156 e. The molecule has 0 aliphatic carbocycles. The van der Waals surface area contributed by atoms with Crippen LogP contribution >= 0.6 is 24.8 Å². The van der Waals surface area contributed by atoms with Gasteiger partial charge in [-0.15, -0.1) is 29.9 Å². The van der Waals surface area contributed by atoms with Crippen molar-refractivity contribution in [3.05, 3.63) is 108 Å². The molecule has 2 heterocycles. The van der Waals surface area contributed by atoms with Gasteiger partial charge in [-0.1, -0.05) is 66.7 Å². The van der Waals surface area contributed by atoms with Gasteiger partial charge in [-0.05, 0) is 71.8 Å². The molecule has 0 atom stereocenters. The van der Waals surface area contributed by atoms with E-state index in [-0.39, 0.29) is 24.8 Å². The number of methoxy groups -OCH3 is 1. The quantitative estimate of drug-likeness (QED) is 0.208. The highest BCUT2D eigenvalue weighted by Gasteiger charge is 2.21. The molecule has 1 fully saturated rings. The molecule has 0 bridgehead atoms. The smallest absolute Gasteiger partial charge is 0.156 e. The number of aryl methyl sites for hydroxylation is 2. The summed E-state index contributed by atoms with van der Waals surface area (Å²) in [6, 6.07) is 32.6. The zero-order chi connectivity index (χ0) is 25.7. The number of nitrogens with zero attached hydrogens (tertiary/aromatic N) is 3. The van der Waals surface area contributed by atoms with Crippen molar-refractivity contribution in [3.8, 4) is 5.75 Å². The van der Waals surface area contributed by atoms with Crippen molar-refractivity contribution in [2.45, 2.75) is 38.3 Å². The Morgan fingerprint density at radius 1 is 0.750 bits per heavy atom. The largest absolute Gasteiger partial charge is 0.497 e. The van der Waals surface area contributed by atoms with E-state index in [2.05, 4.69) is 105 Å². The van der Waals surface area contributed by atoms with Gasteiger partial charge in [0.05, 0.1) is 12.8 Å². The number of nitrogens with one attached hydrogen (secondary N) is 1. The summed E-state index contributed by atoms with van der Waals surface area (Å²) in [5.74, 6) is 1.72. The molecule has 0 unspecified atom stereocenters. The van der Waals surface area contributed by atoms with Gasteiger partial charge in [0.15, 0.2) is 5.82 Å². The van der Waals surface area contributed by atoms with Crippen LogP contribution in [0.2, 0.25) is 0 Å². The first-order valence-electron chi connectivity index (χ1n) is 13.6. The molecular weight excluding hydrogens is 539 g/mol. The van der Waals surface area contributed by atoms with Gasteiger partial charge < -0.3 is 10.1 Å². The van der Waals surface area contributed by atoms with Crippen molar-refractivity contribution in [2.24, 2.45) is 0 Å². The van der Waals surface area contributed by atoms with Crippen LogP contribution in [0, 0.1) is 0 Å². The summed E-state index contributed by atoms with van der Waals surface area (Å²) in [5, 5.41) is 17.9. The highest BCUT2D eigenvalue weighted by Crippen LogP contribution is 2.29. The highest BCUT2D eigenvalue weighted by atomic mass is 35.5. The first-order valence-corrected chi connectivity index (χ1v) is 13.6. The number of fused-ring (bicyclic) bond motifs is 2. The molecule has 5 aromatic rings. The summed E-state index contributed by atoms with van der Waals surface area (Å²) < 4.78 is 5.54. The molecule has 4 aromatic carbocycles. The minimum atomic E-state index is 0. The monoisotopic (exact) mass is 574 g/mol. The summed E-state index contributed by atoms with van der Waals surface area (Å²) >= 11 is 0. The van der Waals surface area contributed by atoms with E-state index in [4.69, 9.17) is 4.74 Å². The maximum absolute atomic E-state index is 5.54. The van der Waals surface area contributed by atoms with Crippen LogP contribution in [-0.4, -0.2) is 41.3 Å². The molecule has 1 N–H and O–H groups in total. The fourth-order valence-electron chi connectivity index (χ4n) is 5.54. The lowest BCUT2D eigenvalue weighted by atomic mass is 10.0. The van der Waals surface area contributed by atoms with Crippen molar-refractivity contribution >= 4 is 52.2 Å². The Morgan fingerprint density at radius 2 is 1.50 bits per heavy atom. The summed E-state index contributed by atoms with van der Waals surface area (Å²) in [4.78, 5) is 2.56. The van der Waals surface area contributed by atoms with Crippen LogP contribution in [0.15, 0.2) is 91.0 Å². The summed E-state index contributed by atoms with van der Waals surface area (Å²) in [5.41, 5.74) is 3.70. The van der Waals surface area contributed by atoms with Crippen molar-refractivity contribution in [2.75, 3.05) is 25.5 Å². The number of hydrogen-bond acceptors (Lipinski definition) is 5. The van der Waals surface area contributed by atoms with Crippen molar-refractivity contribution in [1.82, 2.24) is 15.1 Å². The third kappa shape index (κ3) is 6.84. The number of halogens is 2. The van der Waals surface area contributed by atoms with E-state index in [0.717, 1.165) is 73.4 Å². The van der Waals surface area contributed by atoms with E-state index < -0.39 is 0 Å². The molecule has 1 aliphatic rings. The molecule has 5 nitrogen and oxygen atoms in total.